The van der Waals surface area contributed by atoms with Gasteiger partial charge in [-0.3, -0.25) is 9.78 Å². The van der Waals surface area contributed by atoms with Crippen molar-refractivity contribution in [2.45, 2.75) is 13.3 Å². The smallest absolute Gasteiger partial charge is 0.160 e. The normalized spacial score (nSPS) is 11.9. The Kier molecular flexibility index (Phi) is 2.90. The summed E-state index contributed by atoms with van der Waals surface area (Å²) in [6.07, 6.45) is 2.63. The van der Waals surface area contributed by atoms with Crippen LogP contribution in [0, 0.1) is 0 Å². The SMILES string of the molecule is CC(=O)c1c(-c2ccccc2)cnc2c1Cc1ccccc1-2. The third-order valence-corrected chi connectivity index (χ3v) is 4.26. The Bertz CT molecular complexity index is 881. The summed E-state index contributed by atoms with van der Waals surface area (Å²) in [5.41, 5.74) is 7.21. The zero-order chi connectivity index (χ0) is 15.1. The summed E-state index contributed by atoms with van der Waals surface area (Å²) in [7, 11) is 0. The first kappa shape index (κ1) is 13.0. The molecule has 0 saturated heterocycles. The molecule has 22 heavy (non-hydrogen) atoms. The number of carbonyl (C=O) groups is 1. The molecule has 0 radical (unpaired) electrons. The fourth-order valence-corrected chi connectivity index (χ4v) is 3.29. The molecule has 3 aromatic rings. The molecule has 0 fully saturated rings. The quantitative estimate of drug-likeness (QED) is 0.507. The number of ketones is 1. The van der Waals surface area contributed by atoms with Gasteiger partial charge in [0.1, 0.15) is 0 Å². The molecule has 2 aromatic carbocycles. The number of aromatic nitrogens is 1. The zero-order valence-electron chi connectivity index (χ0n) is 12.3. The lowest BCUT2D eigenvalue weighted by atomic mass is 9.94. The molecule has 0 bridgehead atoms. The molecule has 0 aliphatic heterocycles. The third-order valence-electron chi connectivity index (χ3n) is 4.26. The Balaban J connectivity index is 1.99. The van der Waals surface area contributed by atoms with Crippen molar-refractivity contribution in [3.8, 4) is 22.4 Å². The van der Waals surface area contributed by atoms with Gasteiger partial charge in [-0.1, -0.05) is 54.6 Å². The first-order chi connectivity index (χ1) is 10.8. The van der Waals surface area contributed by atoms with Crippen molar-refractivity contribution in [1.29, 1.82) is 0 Å². The molecule has 1 aliphatic carbocycles. The Labute approximate surface area is 129 Å². The highest BCUT2D eigenvalue weighted by atomic mass is 16.1. The van der Waals surface area contributed by atoms with Crippen molar-refractivity contribution >= 4 is 5.78 Å². The Hall–Kier alpha value is -2.74. The van der Waals surface area contributed by atoms with Crippen LogP contribution < -0.4 is 0 Å². The maximum absolute atomic E-state index is 12.3. The Morgan fingerprint density at radius 2 is 1.68 bits per heavy atom. The summed E-state index contributed by atoms with van der Waals surface area (Å²) in [4.78, 5) is 17.0. The van der Waals surface area contributed by atoms with Crippen LogP contribution in [0.4, 0.5) is 0 Å². The number of fused-ring (bicyclic) bond motifs is 3. The number of benzene rings is 2. The van der Waals surface area contributed by atoms with Crippen molar-refractivity contribution in [3.05, 3.63) is 77.5 Å². The van der Waals surface area contributed by atoms with Gasteiger partial charge in [0.15, 0.2) is 5.78 Å². The molecule has 0 saturated carbocycles. The molecular weight excluding hydrogens is 270 g/mol. The van der Waals surface area contributed by atoms with Crippen LogP contribution in [0.1, 0.15) is 28.4 Å². The van der Waals surface area contributed by atoms with Crippen molar-refractivity contribution in [2.24, 2.45) is 0 Å². The van der Waals surface area contributed by atoms with E-state index in [1.165, 1.54) is 5.56 Å². The van der Waals surface area contributed by atoms with Gasteiger partial charge in [-0.2, -0.15) is 0 Å². The van der Waals surface area contributed by atoms with Crippen molar-refractivity contribution in [3.63, 3.8) is 0 Å². The van der Waals surface area contributed by atoms with Gasteiger partial charge in [0.2, 0.25) is 0 Å². The second-order valence-electron chi connectivity index (χ2n) is 5.63. The molecule has 0 N–H and O–H groups in total. The minimum absolute atomic E-state index is 0.102. The lowest BCUT2D eigenvalue weighted by Gasteiger charge is -2.12. The zero-order valence-corrected chi connectivity index (χ0v) is 12.3. The minimum atomic E-state index is 0.102. The van der Waals surface area contributed by atoms with Crippen LogP contribution in [-0.4, -0.2) is 10.8 Å². The van der Waals surface area contributed by atoms with Crippen LogP contribution in [0.5, 0.6) is 0 Å². The second-order valence-corrected chi connectivity index (χ2v) is 5.63. The fraction of sp³-hybridized carbons (Fsp3) is 0.100. The van der Waals surface area contributed by atoms with Gasteiger partial charge < -0.3 is 0 Å². The predicted molar refractivity (Wildman–Crippen MR) is 87.9 cm³/mol. The largest absolute Gasteiger partial charge is 0.294 e. The summed E-state index contributed by atoms with van der Waals surface area (Å²) in [6, 6.07) is 18.3. The van der Waals surface area contributed by atoms with Crippen molar-refractivity contribution < 1.29 is 4.79 Å². The van der Waals surface area contributed by atoms with E-state index >= 15 is 0 Å². The van der Waals surface area contributed by atoms with Gasteiger partial charge in [-0.25, -0.2) is 0 Å². The van der Waals surface area contributed by atoms with Gasteiger partial charge in [0.05, 0.1) is 5.69 Å². The number of hydrogen-bond acceptors (Lipinski definition) is 2. The van der Waals surface area contributed by atoms with E-state index in [9.17, 15) is 4.79 Å². The van der Waals surface area contributed by atoms with Gasteiger partial charge in [0, 0.05) is 29.3 Å². The molecule has 4 rings (SSSR count). The average molecular weight is 285 g/mol. The van der Waals surface area contributed by atoms with E-state index in [-0.39, 0.29) is 5.78 Å². The molecule has 2 nitrogen and oxygen atoms in total. The van der Waals surface area contributed by atoms with E-state index in [0.29, 0.717) is 0 Å². The van der Waals surface area contributed by atoms with Crippen LogP contribution >= 0.6 is 0 Å². The van der Waals surface area contributed by atoms with E-state index in [1.807, 2.05) is 48.7 Å². The maximum atomic E-state index is 12.3. The maximum Gasteiger partial charge on any atom is 0.160 e. The molecule has 106 valence electrons. The van der Waals surface area contributed by atoms with E-state index in [2.05, 4.69) is 17.1 Å². The van der Waals surface area contributed by atoms with Crippen molar-refractivity contribution in [2.75, 3.05) is 0 Å². The number of nitrogens with zero attached hydrogens (tertiary/aromatic N) is 1. The lowest BCUT2D eigenvalue weighted by Crippen LogP contribution is -2.03. The fourth-order valence-electron chi connectivity index (χ4n) is 3.29. The molecule has 0 unspecified atom stereocenters. The topological polar surface area (TPSA) is 30.0 Å². The van der Waals surface area contributed by atoms with Gasteiger partial charge >= 0.3 is 0 Å². The van der Waals surface area contributed by atoms with Crippen LogP contribution in [0.3, 0.4) is 0 Å². The average Bonchev–Trinajstić information content (AvgIpc) is 2.93. The number of Topliss-reactive ketones (excluding diaryl/α,β-unsaturated/α-hetero) is 1. The van der Waals surface area contributed by atoms with Crippen LogP contribution in [0.25, 0.3) is 22.4 Å². The lowest BCUT2D eigenvalue weighted by molar-refractivity contribution is 0.101. The predicted octanol–water partition coefficient (Wildman–Crippen LogP) is 4.52. The van der Waals surface area contributed by atoms with E-state index < -0.39 is 0 Å². The van der Waals surface area contributed by atoms with Crippen LogP contribution in [-0.2, 0) is 6.42 Å². The monoisotopic (exact) mass is 285 g/mol. The molecule has 0 amide bonds. The van der Waals surface area contributed by atoms with Gasteiger partial charge in [0.25, 0.3) is 0 Å². The highest BCUT2D eigenvalue weighted by Crippen LogP contribution is 2.40. The first-order valence-electron chi connectivity index (χ1n) is 7.42. The highest BCUT2D eigenvalue weighted by molar-refractivity contribution is 6.04. The Morgan fingerprint density at radius 1 is 0.955 bits per heavy atom. The second kappa shape index (κ2) is 4.92. The molecule has 0 atom stereocenters. The highest BCUT2D eigenvalue weighted by Gasteiger charge is 2.26. The van der Waals surface area contributed by atoms with E-state index in [1.54, 1.807) is 6.92 Å². The molecular formula is C20H15NO. The number of pyridine rings is 1. The summed E-state index contributed by atoms with van der Waals surface area (Å²) >= 11 is 0. The van der Waals surface area contributed by atoms with Crippen LogP contribution in [0.2, 0.25) is 0 Å². The van der Waals surface area contributed by atoms with Crippen molar-refractivity contribution in [1.82, 2.24) is 4.98 Å². The third kappa shape index (κ3) is 1.88. The summed E-state index contributed by atoms with van der Waals surface area (Å²) in [5.74, 6) is 0.102. The summed E-state index contributed by atoms with van der Waals surface area (Å²) < 4.78 is 0. The number of rotatable bonds is 2. The molecule has 1 heterocycles. The van der Waals surface area contributed by atoms with E-state index in [0.717, 1.165) is 39.9 Å². The minimum Gasteiger partial charge on any atom is -0.294 e. The summed E-state index contributed by atoms with van der Waals surface area (Å²) in [6.45, 7) is 1.64. The van der Waals surface area contributed by atoms with Gasteiger partial charge in [-0.05, 0) is 23.6 Å². The van der Waals surface area contributed by atoms with Crippen LogP contribution in [0.15, 0.2) is 60.8 Å². The molecule has 2 heteroatoms. The molecule has 0 spiro atoms. The first-order valence-corrected chi connectivity index (χ1v) is 7.42. The number of hydrogen-bond donors (Lipinski definition) is 0. The van der Waals surface area contributed by atoms with Gasteiger partial charge in [-0.15, -0.1) is 0 Å². The Morgan fingerprint density at radius 3 is 2.45 bits per heavy atom. The standard InChI is InChI=1S/C20H15NO/c1-13(22)19-17-11-15-9-5-6-10-16(15)20(17)21-12-18(19)14-7-3-2-4-8-14/h2-10,12H,11H2,1H3. The number of carbonyl (C=O) groups excluding carboxylic acids is 1. The summed E-state index contributed by atoms with van der Waals surface area (Å²) in [5, 5.41) is 0. The molecule has 1 aliphatic rings. The van der Waals surface area contributed by atoms with E-state index in [4.69, 9.17) is 0 Å². The molecule has 1 aromatic heterocycles.